The van der Waals surface area contributed by atoms with Crippen LogP contribution in [0.25, 0.3) is 6.08 Å². The molecule has 0 radical (unpaired) electrons. The van der Waals surface area contributed by atoms with Crippen molar-refractivity contribution >= 4 is 52.2 Å². The average molecular weight is 321 g/mol. The highest BCUT2D eigenvalue weighted by Crippen LogP contribution is 2.32. The van der Waals surface area contributed by atoms with E-state index in [9.17, 15) is 24.6 Å². The zero-order chi connectivity index (χ0) is 15.6. The van der Waals surface area contributed by atoms with Gasteiger partial charge >= 0.3 is 0 Å². The van der Waals surface area contributed by atoms with Crippen LogP contribution in [0.2, 0.25) is 0 Å². The van der Waals surface area contributed by atoms with Crippen molar-refractivity contribution in [1.29, 1.82) is 0 Å². The molecular weight excluding hydrogens is 314 g/mol. The molecule has 0 aliphatic carbocycles. The zero-order valence-electron chi connectivity index (χ0n) is 10.4. The number of nitrogens with zero attached hydrogens (tertiary/aromatic N) is 1. The summed E-state index contributed by atoms with van der Waals surface area (Å²) in [6.07, 6.45) is 1.51. The molecule has 0 unspecified atom stereocenters. The highest BCUT2D eigenvalue weighted by atomic mass is 32.2. The third kappa shape index (κ3) is 3.47. The van der Waals surface area contributed by atoms with Gasteiger partial charge in [-0.05, 0) is 17.2 Å². The van der Waals surface area contributed by atoms with Gasteiger partial charge in [0.05, 0.1) is 23.4 Å². The fourth-order valence-corrected chi connectivity index (χ4v) is 2.89. The Kier molecular flexibility index (Phi) is 4.39. The van der Waals surface area contributed by atoms with Crippen molar-refractivity contribution in [1.82, 2.24) is 4.90 Å². The van der Waals surface area contributed by atoms with Gasteiger partial charge in [0.1, 0.15) is 4.32 Å². The molecule has 0 N–H and O–H groups in total. The Morgan fingerprint density at radius 2 is 1.86 bits per heavy atom. The van der Waals surface area contributed by atoms with E-state index in [1.807, 2.05) is 0 Å². The zero-order valence-corrected chi connectivity index (χ0v) is 12.0. The van der Waals surface area contributed by atoms with Gasteiger partial charge in [0, 0.05) is 0 Å². The fraction of sp³-hybridized carbons (Fsp3) is 0.0769. The van der Waals surface area contributed by atoms with Crippen molar-refractivity contribution in [2.75, 3.05) is 6.54 Å². The van der Waals surface area contributed by atoms with Crippen LogP contribution in [0.3, 0.4) is 0 Å². The second-order valence-corrected chi connectivity index (χ2v) is 5.73. The third-order valence-electron chi connectivity index (χ3n) is 2.60. The van der Waals surface area contributed by atoms with Gasteiger partial charge in [-0.1, -0.05) is 48.2 Å². The second kappa shape index (κ2) is 6.06. The molecule has 6 nitrogen and oxygen atoms in total. The fourth-order valence-electron chi connectivity index (χ4n) is 1.63. The summed E-state index contributed by atoms with van der Waals surface area (Å²) in [5.41, 5.74) is 0.616. The van der Waals surface area contributed by atoms with Gasteiger partial charge < -0.3 is 19.8 Å². The van der Waals surface area contributed by atoms with E-state index in [1.54, 1.807) is 0 Å². The molecule has 0 atom stereocenters. The molecule has 2 rings (SSSR count). The van der Waals surface area contributed by atoms with Crippen molar-refractivity contribution in [2.45, 2.75) is 0 Å². The first-order valence-electron chi connectivity index (χ1n) is 5.65. The Morgan fingerprint density at radius 3 is 2.38 bits per heavy atom. The van der Waals surface area contributed by atoms with E-state index in [-0.39, 0.29) is 14.8 Å². The maximum atomic E-state index is 12.0. The Hall–Kier alpha value is -2.19. The van der Waals surface area contributed by atoms with Crippen molar-refractivity contribution in [3.63, 3.8) is 0 Å². The number of carboxylic acid groups (broad SMARTS) is 2. The Balaban J connectivity index is 2.22. The highest BCUT2D eigenvalue weighted by molar-refractivity contribution is 8.26. The normalized spacial score (nSPS) is 16.6. The minimum Gasteiger partial charge on any atom is -0.548 e. The summed E-state index contributed by atoms with van der Waals surface area (Å²) in [7, 11) is 0. The van der Waals surface area contributed by atoms with Gasteiger partial charge in [0.25, 0.3) is 5.91 Å². The molecule has 1 aliphatic heterocycles. The lowest BCUT2D eigenvalue weighted by molar-refractivity contribution is -0.305. The van der Waals surface area contributed by atoms with Crippen LogP contribution >= 0.6 is 24.0 Å². The number of amides is 1. The average Bonchev–Trinajstić information content (AvgIpc) is 2.67. The molecular formula is C13H7NO5S2-2. The van der Waals surface area contributed by atoms with Crippen molar-refractivity contribution in [2.24, 2.45) is 0 Å². The molecule has 21 heavy (non-hydrogen) atoms. The number of thioether (sulfide) groups is 1. The number of aliphatic carboxylic acids is 1. The van der Waals surface area contributed by atoms with Gasteiger partial charge in [0.15, 0.2) is 0 Å². The van der Waals surface area contributed by atoms with E-state index in [4.69, 9.17) is 12.2 Å². The van der Waals surface area contributed by atoms with Crippen LogP contribution < -0.4 is 10.2 Å². The Bertz CT molecular complexity index is 666. The molecule has 1 aromatic carbocycles. The molecule has 0 aromatic heterocycles. The maximum Gasteiger partial charge on any atom is 0.266 e. The Labute approximate surface area is 129 Å². The van der Waals surface area contributed by atoms with Crippen LogP contribution in [-0.4, -0.2) is 33.6 Å². The van der Waals surface area contributed by atoms with E-state index < -0.39 is 24.4 Å². The van der Waals surface area contributed by atoms with Crippen LogP contribution in [0.15, 0.2) is 29.2 Å². The summed E-state index contributed by atoms with van der Waals surface area (Å²) >= 11 is 5.91. The summed E-state index contributed by atoms with van der Waals surface area (Å²) in [5.74, 6) is -3.20. The lowest BCUT2D eigenvalue weighted by Gasteiger charge is -2.14. The van der Waals surface area contributed by atoms with Gasteiger partial charge in [-0.3, -0.25) is 9.69 Å². The van der Waals surface area contributed by atoms with E-state index in [0.717, 1.165) is 16.7 Å². The SMILES string of the molecule is O=C([O-])CN1C(=O)/C(=C\c2ccc(C(=O)[O-])cc2)SC1=S. The molecule has 8 heteroatoms. The predicted octanol–water partition coefficient (Wildman–Crippen LogP) is -0.999. The van der Waals surface area contributed by atoms with E-state index in [0.29, 0.717) is 5.56 Å². The summed E-state index contributed by atoms with van der Waals surface area (Å²) < 4.78 is 0.141. The number of hydrogen-bond donors (Lipinski definition) is 0. The number of hydrogen-bond acceptors (Lipinski definition) is 7. The van der Waals surface area contributed by atoms with E-state index in [2.05, 4.69) is 0 Å². The molecule has 1 aromatic rings. The first kappa shape index (κ1) is 15.2. The maximum absolute atomic E-state index is 12.0. The smallest absolute Gasteiger partial charge is 0.266 e. The molecule has 1 fully saturated rings. The number of aromatic carboxylic acids is 1. The lowest BCUT2D eigenvalue weighted by Crippen LogP contribution is -2.40. The largest absolute Gasteiger partial charge is 0.548 e. The van der Waals surface area contributed by atoms with Crippen molar-refractivity contribution < 1.29 is 24.6 Å². The van der Waals surface area contributed by atoms with Crippen LogP contribution in [0, 0.1) is 0 Å². The summed E-state index contributed by atoms with van der Waals surface area (Å²) in [4.78, 5) is 34.4. The standard InChI is InChI=1S/C13H9NO5S2/c15-10(16)6-14-11(17)9(21-13(14)20)5-7-1-3-8(4-2-7)12(18)19/h1-5H,6H2,(H,15,16)(H,18,19)/p-2/b9-5+. The molecule has 108 valence electrons. The number of thiocarbonyl (C=S) groups is 1. The van der Waals surface area contributed by atoms with Crippen LogP contribution in [0.1, 0.15) is 15.9 Å². The van der Waals surface area contributed by atoms with Gasteiger partial charge in [-0.15, -0.1) is 0 Å². The van der Waals surface area contributed by atoms with Crippen LogP contribution in [0.5, 0.6) is 0 Å². The monoisotopic (exact) mass is 321 g/mol. The molecule has 1 heterocycles. The summed E-state index contributed by atoms with van der Waals surface area (Å²) in [6, 6.07) is 5.72. The van der Waals surface area contributed by atoms with Crippen molar-refractivity contribution in [3.05, 3.63) is 40.3 Å². The number of carbonyl (C=O) groups is 3. The minimum atomic E-state index is -1.40. The minimum absolute atomic E-state index is 0.0247. The lowest BCUT2D eigenvalue weighted by atomic mass is 10.1. The summed E-state index contributed by atoms with van der Waals surface area (Å²) in [6.45, 7) is -0.592. The number of benzene rings is 1. The number of carboxylic acids is 2. The molecule has 1 aliphatic rings. The van der Waals surface area contributed by atoms with Crippen LogP contribution in [-0.2, 0) is 9.59 Å². The third-order valence-corrected chi connectivity index (χ3v) is 3.98. The molecule has 0 bridgehead atoms. The molecule has 0 spiro atoms. The summed E-state index contributed by atoms with van der Waals surface area (Å²) in [5, 5.41) is 21.2. The molecule has 1 saturated heterocycles. The highest BCUT2D eigenvalue weighted by Gasteiger charge is 2.31. The molecule has 1 amide bonds. The predicted molar refractivity (Wildman–Crippen MR) is 75.7 cm³/mol. The quantitative estimate of drug-likeness (QED) is 0.518. The number of rotatable bonds is 4. The second-order valence-electron chi connectivity index (χ2n) is 4.05. The van der Waals surface area contributed by atoms with E-state index >= 15 is 0 Å². The van der Waals surface area contributed by atoms with E-state index in [1.165, 1.54) is 30.3 Å². The van der Waals surface area contributed by atoms with Crippen molar-refractivity contribution in [3.8, 4) is 0 Å². The topological polar surface area (TPSA) is 101 Å². The van der Waals surface area contributed by atoms with Gasteiger partial charge in [-0.2, -0.15) is 0 Å². The van der Waals surface area contributed by atoms with Crippen LogP contribution in [0.4, 0.5) is 0 Å². The Morgan fingerprint density at radius 1 is 1.24 bits per heavy atom. The van der Waals surface area contributed by atoms with Gasteiger partial charge in [0.2, 0.25) is 0 Å². The van der Waals surface area contributed by atoms with Gasteiger partial charge in [-0.25, -0.2) is 0 Å². The first-order chi connectivity index (χ1) is 9.88. The molecule has 0 saturated carbocycles. The first-order valence-corrected chi connectivity index (χ1v) is 6.87. The number of carbonyl (C=O) groups excluding carboxylic acids is 3.